The molecule has 0 radical (unpaired) electrons. The molecule has 0 bridgehead atoms. The van der Waals surface area contributed by atoms with Gasteiger partial charge in [0.25, 0.3) is 5.91 Å². The molecule has 1 fully saturated rings. The molecule has 132 valence electrons. The van der Waals surface area contributed by atoms with E-state index in [2.05, 4.69) is 5.32 Å². The first-order valence-electron chi connectivity index (χ1n) is 7.46. The Hall–Kier alpha value is -2.16. The molecule has 1 aromatic rings. The molecule has 9 heteroatoms. The smallest absolute Gasteiger partial charge is 0.260 e. The van der Waals surface area contributed by atoms with Gasteiger partial charge in [-0.3, -0.25) is 9.59 Å². The summed E-state index contributed by atoms with van der Waals surface area (Å²) in [4.78, 5) is 25.2. The van der Waals surface area contributed by atoms with Gasteiger partial charge in [0, 0.05) is 32.2 Å². The Balaban J connectivity index is 2.20. The van der Waals surface area contributed by atoms with Crippen molar-refractivity contribution in [1.29, 1.82) is 0 Å². The van der Waals surface area contributed by atoms with Gasteiger partial charge >= 0.3 is 0 Å². The topological polar surface area (TPSA) is 75.4 Å². The SMILES string of the molecule is NCCNC(=O)C1CCCN(C(=O)c2c(F)c(F)cc(F)c2F)C1. The van der Waals surface area contributed by atoms with Crippen LogP contribution < -0.4 is 11.1 Å². The number of likely N-dealkylation sites (tertiary alicyclic amines) is 1. The fourth-order valence-corrected chi connectivity index (χ4v) is 2.63. The second-order valence-electron chi connectivity index (χ2n) is 5.51. The highest BCUT2D eigenvalue weighted by atomic mass is 19.2. The summed E-state index contributed by atoms with van der Waals surface area (Å²) >= 11 is 0. The monoisotopic (exact) mass is 347 g/mol. The number of nitrogens with zero attached hydrogens (tertiary/aromatic N) is 1. The average Bonchev–Trinajstić information content (AvgIpc) is 2.58. The lowest BCUT2D eigenvalue weighted by molar-refractivity contribution is -0.126. The molecule has 1 aliphatic rings. The van der Waals surface area contributed by atoms with Crippen LogP contribution in [0.3, 0.4) is 0 Å². The van der Waals surface area contributed by atoms with Crippen LogP contribution in [0.4, 0.5) is 17.6 Å². The van der Waals surface area contributed by atoms with Gasteiger partial charge in [0.05, 0.1) is 5.92 Å². The number of nitrogens with two attached hydrogens (primary N) is 1. The van der Waals surface area contributed by atoms with Crippen molar-refractivity contribution < 1.29 is 27.2 Å². The zero-order chi connectivity index (χ0) is 17.9. The maximum Gasteiger partial charge on any atom is 0.260 e. The third-order valence-electron chi connectivity index (χ3n) is 3.85. The first-order chi connectivity index (χ1) is 11.4. The Bertz CT molecular complexity index is 628. The van der Waals surface area contributed by atoms with Gasteiger partial charge in [-0.25, -0.2) is 17.6 Å². The summed E-state index contributed by atoms with van der Waals surface area (Å²) in [6, 6.07) is 0.0424. The maximum absolute atomic E-state index is 13.7. The number of benzene rings is 1. The molecule has 3 N–H and O–H groups in total. The molecule has 5 nitrogen and oxygen atoms in total. The summed E-state index contributed by atoms with van der Waals surface area (Å²) < 4.78 is 54.0. The van der Waals surface area contributed by atoms with Crippen LogP contribution in [0, 0.1) is 29.2 Å². The normalized spacial score (nSPS) is 17.7. The number of hydrogen-bond donors (Lipinski definition) is 2. The van der Waals surface area contributed by atoms with E-state index in [1.807, 2.05) is 0 Å². The van der Waals surface area contributed by atoms with Crippen molar-refractivity contribution in [3.63, 3.8) is 0 Å². The molecule has 0 spiro atoms. The number of halogens is 4. The van der Waals surface area contributed by atoms with Crippen molar-refractivity contribution in [2.75, 3.05) is 26.2 Å². The van der Waals surface area contributed by atoms with Crippen molar-refractivity contribution in [3.05, 3.63) is 34.9 Å². The van der Waals surface area contributed by atoms with Gasteiger partial charge in [-0.2, -0.15) is 0 Å². The van der Waals surface area contributed by atoms with Crippen LogP contribution in [-0.2, 0) is 4.79 Å². The van der Waals surface area contributed by atoms with Crippen molar-refractivity contribution in [3.8, 4) is 0 Å². The van der Waals surface area contributed by atoms with Gasteiger partial charge in [0.15, 0.2) is 23.3 Å². The van der Waals surface area contributed by atoms with Crippen molar-refractivity contribution in [2.24, 2.45) is 11.7 Å². The molecule has 2 amide bonds. The molecule has 1 unspecified atom stereocenters. The second-order valence-corrected chi connectivity index (χ2v) is 5.51. The van der Waals surface area contributed by atoms with E-state index in [1.165, 1.54) is 0 Å². The van der Waals surface area contributed by atoms with Gasteiger partial charge in [-0.05, 0) is 12.8 Å². The van der Waals surface area contributed by atoms with Crippen LogP contribution in [0.2, 0.25) is 0 Å². The third kappa shape index (κ3) is 3.66. The van der Waals surface area contributed by atoms with Crippen LogP contribution >= 0.6 is 0 Å². The van der Waals surface area contributed by atoms with E-state index in [1.54, 1.807) is 0 Å². The van der Waals surface area contributed by atoms with Crippen LogP contribution in [0.15, 0.2) is 6.07 Å². The van der Waals surface area contributed by atoms with E-state index < -0.39 is 40.7 Å². The van der Waals surface area contributed by atoms with E-state index >= 15 is 0 Å². The minimum Gasteiger partial charge on any atom is -0.355 e. The average molecular weight is 347 g/mol. The Morgan fingerprint density at radius 2 is 1.83 bits per heavy atom. The third-order valence-corrected chi connectivity index (χ3v) is 3.85. The summed E-state index contributed by atoms with van der Waals surface area (Å²) in [6.45, 7) is 0.560. The van der Waals surface area contributed by atoms with Gasteiger partial charge < -0.3 is 16.0 Å². The maximum atomic E-state index is 13.7. The lowest BCUT2D eigenvalue weighted by atomic mass is 9.96. The Kier molecular flexibility index (Phi) is 5.76. The molecule has 24 heavy (non-hydrogen) atoms. The number of amides is 2. The van der Waals surface area contributed by atoms with E-state index in [0.717, 1.165) is 4.90 Å². The molecule has 1 heterocycles. The summed E-state index contributed by atoms with van der Waals surface area (Å²) in [5, 5.41) is 2.57. The van der Waals surface area contributed by atoms with E-state index in [4.69, 9.17) is 5.73 Å². The van der Waals surface area contributed by atoms with Crippen LogP contribution in [0.5, 0.6) is 0 Å². The number of hydrogen-bond acceptors (Lipinski definition) is 3. The lowest BCUT2D eigenvalue weighted by Gasteiger charge is -2.32. The molecular weight excluding hydrogens is 330 g/mol. The molecule has 1 aromatic carbocycles. The fourth-order valence-electron chi connectivity index (χ4n) is 2.63. The molecule has 0 aromatic heterocycles. The van der Waals surface area contributed by atoms with E-state index in [9.17, 15) is 27.2 Å². The largest absolute Gasteiger partial charge is 0.355 e. The van der Waals surface area contributed by atoms with Crippen LogP contribution in [0.25, 0.3) is 0 Å². The first kappa shape index (κ1) is 18.2. The Morgan fingerprint density at radius 3 is 2.42 bits per heavy atom. The molecule has 1 atom stereocenters. The number of carbonyl (C=O) groups excluding carboxylic acids is 2. The number of piperidine rings is 1. The summed E-state index contributed by atoms with van der Waals surface area (Å²) in [7, 11) is 0. The van der Waals surface area contributed by atoms with Crippen LogP contribution in [-0.4, -0.2) is 42.9 Å². The fraction of sp³-hybridized carbons (Fsp3) is 0.467. The molecule has 1 aliphatic heterocycles. The molecule has 0 saturated carbocycles. The Morgan fingerprint density at radius 1 is 1.21 bits per heavy atom. The molecule has 0 aliphatic carbocycles. The van der Waals surface area contributed by atoms with E-state index in [-0.39, 0.29) is 38.2 Å². The van der Waals surface area contributed by atoms with Crippen LogP contribution in [0.1, 0.15) is 23.2 Å². The predicted octanol–water partition coefficient (Wildman–Crippen LogP) is 1.17. The number of carbonyl (C=O) groups is 2. The number of nitrogens with one attached hydrogen (secondary N) is 1. The predicted molar refractivity (Wildman–Crippen MR) is 77.0 cm³/mol. The molecule has 2 rings (SSSR count). The zero-order valence-corrected chi connectivity index (χ0v) is 12.8. The highest BCUT2D eigenvalue weighted by Gasteiger charge is 2.33. The van der Waals surface area contributed by atoms with Gasteiger partial charge in [0.2, 0.25) is 5.91 Å². The van der Waals surface area contributed by atoms with Crippen molar-refractivity contribution in [1.82, 2.24) is 10.2 Å². The zero-order valence-electron chi connectivity index (χ0n) is 12.8. The van der Waals surface area contributed by atoms with E-state index in [0.29, 0.717) is 12.8 Å². The minimum absolute atomic E-state index is 0.0424. The summed E-state index contributed by atoms with van der Waals surface area (Å²) in [5.41, 5.74) is 4.00. The standard InChI is InChI=1S/C15H17F4N3O2/c16-9-6-10(17)13(19)11(12(9)18)15(24)22-5-1-2-8(7-22)14(23)21-4-3-20/h6,8H,1-5,7,20H2,(H,21,23). The lowest BCUT2D eigenvalue weighted by Crippen LogP contribution is -2.46. The Labute approximate surface area is 135 Å². The van der Waals surface area contributed by atoms with Crippen molar-refractivity contribution >= 4 is 11.8 Å². The second kappa shape index (κ2) is 7.61. The minimum atomic E-state index is -1.74. The van der Waals surface area contributed by atoms with Gasteiger partial charge in [-0.15, -0.1) is 0 Å². The highest BCUT2D eigenvalue weighted by Crippen LogP contribution is 2.24. The summed E-state index contributed by atoms with van der Waals surface area (Å²) in [6.07, 6.45) is 0.913. The quantitative estimate of drug-likeness (QED) is 0.634. The van der Waals surface area contributed by atoms with Gasteiger partial charge in [-0.1, -0.05) is 0 Å². The molecular formula is C15H17F4N3O2. The van der Waals surface area contributed by atoms with Crippen molar-refractivity contribution in [2.45, 2.75) is 12.8 Å². The number of rotatable bonds is 4. The molecule has 1 saturated heterocycles. The first-order valence-corrected chi connectivity index (χ1v) is 7.46. The highest BCUT2D eigenvalue weighted by molar-refractivity contribution is 5.95. The summed E-state index contributed by atoms with van der Waals surface area (Å²) in [5.74, 6) is -8.86. The van der Waals surface area contributed by atoms with Gasteiger partial charge in [0.1, 0.15) is 5.56 Å².